The van der Waals surface area contributed by atoms with Crippen LogP contribution in [0.25, 0.3) is 0 Å². The van der Waals surface area contributed by atoms with E-state index >= 15 is 0 Å². The van der Waals surface area contributed by atoms with Crippen LogP contribution in [0.4, 0.5) is 4.39 Å². The molecule has 3 atom stereocenters. The van der Waals surface area contributed by atoms with Gasteiger partial charge in [0.05, 0.1) is 29.9 Å². The summed E-state index contributed by atoms with van der Waals surface area (Å²) in [4.78, 5) is 4.90. The molecule has 2 heterocycles. The molecule has 0 amide bonds. The summed E-state index contributed by atoms with van der Waals surface area (Å²) in [6.45, 7) is 3.13. The van der Waals surface area contributed by atoms with Crippen molar-refractivity contribution in [2.75, 3.05) is 26.1 Å². The molecule has 0 aliphatic carbocycles. The number of hydrogen-bond acceptors (Lipinski definition) is 4. The minimum atomic E-state index is -0.512. The second kappa shape index (κ2) is 6.07. The van der Waals surface area contributed by atoms with Gasteiger partial charge in [-0.3, -0.25) is 4.99 Å². The van der Waals surface area contributed by atoms with E-state index in [1.54, 1.807) is 24.9 Å². The Morgan fingerprint density at radius 3 is 3.05 bits per heavy atom. The standard InChI is InChI=1S/C16H20FNO2S/c1-11-18-16(14-5-3-4-6-15(14)17)7-13(9-19-2)20-8-12(16)10-21-11/h3-6,12-13H,7-10H2,1-2H3. The summed E-state index contributed by atoms with van der Waals surface area (Å²) in [5.74, 6) is 0.948. The molecule has 0 spiro atoms. The fourth-order valence-electron chi connectivity index (χ4n) is 3.32. The Kier molecular flexibility index (Phi) is 4.33. The highest BCUT2D eigenvalue weighted by Crippen LogP contribution is 2.47. The maximum absolute atomic E-state index is 14.4. The number of rotatable bonds is 3. The Morgan fingerprint density at radius 1 is 1.48 bits per heavy atom. The van der Waals surface area contributed by atoms with Crippen LogP contribution in [-0.2, 0) is 15.0 Å². The van der Waals surface area contributed by atoms with Gasteiger partial charge in [-0.15, -0.1) is 11.8 Å². The van der Waals surface area contributed by atoms with Crippen LogP contribution in [0.2, 0.25) is 0 Å². The number of fused-ring (bicyclic) bond motifs is 1. The van der Waals surface area contributed by atoms with Crippen molar-refractivity contribution in [1.29, 1.82) is 0 Å². The third-order valence-corrected chi connectivity index (χ3v) is 5.37. The van der Waals surface area contributed by atoms with Gasteiger partial charge in [0.15, 0.2) is 0 Å². The van der Waals surface area contributed by atoms with Gasteiger partial charge in [0.25, 0.3) is 0 Å². The predicted octanol–water partition coefficient (Wildman–Crippen LogP) is 3.24. The van der Waals surface area contributed by atoms with E-state index in [9.17, 15) is 4.39 Å². The lowest BCUT2D eigenvalue weighted by Gasteiger charge is -2.46. The molecule has 0 bridgehead atoms. The smallest absolute Gasteiger partial charge is 0.128 e. The van der Waals surface area contributed by atoms with E-state index in [2.05, 4.69) is 0 Å². The van der Waals surface area contributed by atoms with Gasteiger partial charge in [0.2, 0.25) is 0 Å². The van der Waals surface area contributed by atoms with E-state index < -0.39 is 5.54 Å². The fourth-order valence-corrected chi connectivity index (χ4v) is 4.36. The number of benzene rings is 1. The topological polar surface area (TPSA) is 30.8 Å². The molecule has 5 heteroatoms. The highest BCUT2D eigenvalue weighted by Gasteiger charge is 2.49. The minimum Gasteiger partial charge on any atom is -0.382 e. The summed E-state index contributed by atoms with van der Waals surface area (Å²) in [7, 11) is 1.66. The molecule has 3 rings (SSSR count). The molecule has 0 aromatic heterocycles. The molecule has 1 fully saturated rings. The van der Waals surface area contributed by atoms with Crippen LogP contribution >= 0.6 is 11.8 Å². The Morgan fingerprint density at radius 2 is 2.29 bits per heavy atom. The van der Waals surface area contributed by atoms with E-state index in [1.165, 1.54) is 6.07 Å². The number of nitrogens with zero attached hydrogens (tertiary/aromatic N) is 1. The summed E-state index contributed by atoms with van der Waals surface area (Å²) < 4.78 is 25.5. The van der Waals surface area contributed by atoms with Crippen molar-refractivity contribution >= 4 is 16.8 Å². The van der Waals surface area contributed by atoms with Gasteiger partial charge < -0.3 is 9.47 Å². The molecule has 1 aromatic rings. The van der Waals surface area contributed by atoms with Crippen LogP contribution in [0.5, 0.6) is 0 Å². The molecule has 3 nitrogen and oxygen atoms in total. The first-order valence-corrected chi connectivity index (χ1v) is 8.19. The first kappa shape index (κ1) is 15.0. The van der Waals surface area contributed by atoms with Crippen molar-refractivity contribution < 1.29 is 13.9 Å². The molecule has 114 valence electrons. The molecule has 1 aromatic carbocycles. The van der Waals surface area contributed by atoms with E-state index in [0.717, 1.165) is 10.8 Å². The van der Waals surface area contributed by atoms with Crippen molar-refractivity contribution in [3.05, 3.63) is 35.6 Å². The monoisotopic (exact) mass is 309 g/mol. The van der Waals surface area contributed by atoms with Crippen molar-refractivity contribution in [1.82, 2.24) is 0 Å². The molecule has 0 radical (unpaired) electrons. The minimum absolute atomic E-state index is 0.0366. The zero-order valence-electron chi connectivity index (χ0n) is 12.3. The first-order valence-electron chi connectivity index (χ1n) is 7.20. The Hall–Kier alpha value is -0.910. The van der Waals surface area contributed by atoms with Gasteiger partial charge >= 0.3 is 0 Å². The zero-order valence-corrected chi connectivity index (χ0v) is 13.2. The number of methoxy groups -OCH3 is 1. The maximum Gasteiger partial charge on any atom is 0.128 e. The highest BCUT2D eigenvalue weighted by atomic mass is 32.2. The second-order valence-electron chi connectivity index (χ2n) is 5.66. The van der Waals surface area contributed by atoms with Gasteiger partial charge in [-0.1, -0.05) is 18.2 Å². The summed E-state index contributed by atoms with van der Waals surface area (Å²) in [6.07, 6.45) is 0.634. The summed E-state index contributed by atoms with van der Waals surface area (Å²) in [5.41, 5.74) is 0.182. The van der Waals surface area contributed by atoms with Crippen molar-refractivity contribution in [2.45, 2.75) is 25.0 Å². The van der Waals surface area contributed by atoms with Crippen LogP contribution in [0.1, 0.15) is 18.9 Å². The highest BCUT2D eigenvalue weighted by molar-refractivity contribution is 8.13. The molecular formula is C16H20FNO2S. The molecule has 2 aliphatic heterocycles. The molecule has 2 aliphatic rings. The fraction of sp³-hybridized carbons (Fsp3) is 0.562. The van der Waals surface area contributed by atoms with Crippen molar-refractivity contribution in [2.24, 2.45) is 10.9 Å². The van der Waals surface area contributed by atoms with Gasteiger partial charge in [0, 0.05) is 30.8 Å². The molecule has 0 saturated carbocycles. The number of hydrogen-bond donors (Lipinski definition) is 0. The van der Waals surface area contributed by atoms with Crippen LogP contribution in [0, 0.1) is 11.7 Å². The number of ether oxygens (including phenoxy) is 2. The summed E-state index contributed by atoms with van der Waals surface area (Å²) in [5, 5.41) is 1.02. The number of thioether (sulfide) groups is 1. The Labute approximate surface area is 128 Å². The van der Waals surface area contributed by atoms with Crippen molar-refractivity contribution in [3.8, 4) is 0 Å². The summed E-state index contributed by atoms with van der Waals surface area (Å²) >= 11 is 1.73. The van der Waals surface area contributed by atoms with Crippen LogP contribution in [-0.4, -0.2) is 37.2 Å². The van der Waals surface area contributed by atoms with E-state index in [1.807, 2.05) is 19.1 Å². The van der Waals surface area contributed by atoms with Gasteiger partial charge in [-0.05, 0) is 13.0 Å². The lowest BCUT2D eigenvalue weighted by atomic mass is 9.73. The van der Waals surface area contributed by atoms with E-state index in [0.29, 0.717) is 25.2 Å². The molecule has 0 N–H and O–H groups in total. The van der Waals surface area contributed by atoms with Crippen molar-refractivity contribution in [3.63, 3.8) is 0 Å². The molecule has 1 saturated heterocycles. The van der Waals surface area contributed by atoms with Gasteiger partial charge in [-0.25, -0.2) is 4.39 Å². The molecule has 21 heavy (non-hydrogen) atoms. The lowest BCUT2D eigenvalue weighted by molar-refractivity contribution is -0.0812. The first-order chi connectivity index (χ1) is 10.2. The molecular weight excluding hydrogens is 289 g/mol. The van der Waals surface area contributed by atoms with Crippen LogP contribution < -0.4 is 0 Å². The predicted molar refractivity (Wildman–Crippen MR) is 83.4 cm³/mol. The second-order valence-corrected chi connectivity index (χ2v) is 6.87. The number of aliphatic imine (C=N–C) groups is 1. The van der Waals surface area contributed by atoms with E-state index in [4.69, 9.17) is 14.5 Å². The largest absolute Gasteiger partial charge is 0.382 e. The SMILES string of the molecule is COCC1CC2(c3ccccc3F)N=C(C)SCC2CO1. The average Bonchev–Trinajstić information content (AvgIpc) is 2.47. The van der Waals surface area contributed by atoms with E-state index in [-0.39, 0.29) is 17.8 Å². The lowest BCUT2D eigenvalue weighted by Crippen LogP contribution is -2.50. The Balaban J connectivity index is 2.06. The number of halogens is 1. The van der Waals surface area contributed by atoms with Gasteiger partial charge in [0.1, 0.15) is 5.82 Å². The van der Waals surface area contributed by atoms with Gasteiger partial charge in [-0.2, -0.15) is 0 Å². The van der Waals surface area contributed by atoms with Crippen LogP contribution in [0.3, 0.4) is 0 Å². The summed E-state index contributed by atoms with van der Waals surface area (Å²) in [6, 6.07) is 7.00. The normalized spacial score (nSPS) is 32.4. The zero-order chi connectivity index (χ0) is 14.9. The average molecular weight is 309 g/mol. The quantitative estimate of drug-likeness (QED) is 0.859. The molecule has 3 unspecified atom stereocenters. The third kappa shape index (κ3) is 2.74. The third-order valence-electron chi connectivity index (χ3n) is 4.29. The van der Waals surface area contributed by atoms with Crippen LogP contribution in [0.15, 0.2) is 29.3 Å². The Bertz CT molecular complexity index is 551. The maximum atomic E-state index is 14.4.